The minimum atomic E-state index is -3.12. The maximum Gasteiger partial charge on any atom is 0.156 e. The van der Waals surface area contributed by atoms with Crippen LogP contribution in [0.15, 0.2) is 18.5 Å². The molecule has 0 aliphatic rings. The Labute approximate surface area is 90.4 Å². The molecule has 5 heteroatoms. The van der Waals surface area contributed by atoms with Gasteiger partial charge in [0.05, 0.1) is 11.5 Å². The Kier molecular flexibility index (Phi) is 3.82. The highest BCUT2D eigenvalue weighted by Crippen LogP contribution is 2.07. The quantitative estimate of drug-likeness (QED) is 0.821. The van der Waals surface area contributed by atoms with E-state index in [-0.39, 0.29) is 17.5 Å². The molecule has 1 aromatic rings. The molecule has 0 aliphatic heterocycles. The molecule has 0 saturated carbocycles. The van der Waals surface area contributed by atoms with E-state index in [1.807, 2.05) is 13.0 Å². The van der Waals surface area contributed by atoms with Crippen molar-refractivity contribution in [2.75, 3.05) is 5.75 Å². The summed E-state index contributed by atoms with van der Waals surface area (Å²) in [5.41, 5.74) is 7.15. The molecule has 0 amide bonds. The second kappa shape index (κ2) is 4.72. The molecule has 1 rings (SSSR count). The van der Waals surface area contributed by atoms with Crippen molar-refractivity contribution in [1.29, 1.82) is 0 Å². The molecular formula is C10H16N2O2S. The Morgan fingerprint density at radius 3 is 2.67 bits per heavy atom. The summed E-state index contributed by atoms with van der Waals surface area (Å²) in [5, 5.41) is 0. The molecule has 0 radical (unpaired) electrons. The third-order valence-electron chi connectivity index (χ3n) is 1.84. The second-order valence-electron chi connectivity index (χ2n) is 3.90. The number of hydrogen-bond donors (Lipinski definition) is 1. The van der Waals surface area contributed by atoms with Crippen molar-refractivity contribution >= 4 is 9.84 Å². The lowest BCUT2D eigenvalue weighted by atomic mass is 10.2. The van der Waals surface area contributed by atoms with Crippen LogP contribution in [0.1, 0.15) is 18.1 Å². The van der Waals surface area contributed by atoms with E-state index in [9.17, 15) is 8.42 Å². The molecule has 0 spiro atoms. The Morgan fingerprint density at radius 1 is 1.47 bits per heavy atom. The standard InChI is InChI=1S/C10H16N2O2S/c1-8-3-10(5-12-4-8)7-15(13,14)6-9(2)11/h3-5,9H,6-7,11H2,1-2H3. The molecule has 84 valence electrons. The number of sulfone groups is 1. The third-order valence-corrected chi connectivity index (χ3v) is 3.64. The molecule has 0 fully saturated rings. The fraction of sp³-hybridized carbons (Fsp3) is 0.500. The van der Waals surface area contributed by atoms with Crippen LogP contribution < -0.4 is 5.73 Å². The van der Waals surface area contributed by atoms with Crippen molar-refractivity contribution in [3.8, 4) is 0 Å². The van der Waals surface area contributed by atoms with Crippen molar-refractivity contribution in [3.63, 3.8) is 0 Å². The van der Waals surface area contributed by atoms with Crippen LogP contribution in [0, 0.1) is 6.92 Å². The summed E-state index contributed by atoms with van der Waals surface area (Å²) in [6.45, 7) is 3.57. The van der Waals surface area contributed by atoms with Crippen LogP contribution in [-0.4, -0.2) is 25.2 Å². The first-order valence-electron chi connectivity index (χ1n) is 4.75. The molecule has 0 aliphatic carbocycles. The van der Waals surface area contributed by atoms with Gasteiger partial charge >= 0.3 is 0 Å². The average Bonchev–Trinajstić information content (AvgIpc) is 1.99. The topological polar surface area (TPSA) is 73.0 Å². The van der Waals surface area contributed by atoms with Crippen LogP contribution in [0.4, 0.5) is 0 Å². The minimum absolute atomic E-state index is 0.0148. The van der Waals surface area contributed by atoms with Crippen LogP contribution in [0.3, 0.4) is 0 Å². The number of nitrogens with two attached hydrogens (primary N) is 1. The van der Waals surface area contributed by atoms with Gasteiger partial charge in [0, 0.05) is 18.4 Å². The van der Waals surface area contributed by atoms with E-state index in [1.54, 1.807) is 19.3 Å². The zero-order valence-electron chi connectivity index (χ0n) is 8.97. The minimum Gasteiger partial charge on any atom is -0.327 e. The lowest BCUT2D eigenvalue weighted by Gasteiger charge is -2.07. The van der Waals surface area contributed by atoms with E-state index in [0.29, 0.717) is 0 Å². The SMILES string of the molecule is Cc1cncc(CS(=O)(=O)CC(C)N)c1. The lowest BCUT2D eigenvalue weighted by molar-refractivity contribution is 0.589. The van der Waals surface area contributed by atoms with Gasteiger partial charge in [-0.3, -0.25) is 4.98 Å². The van der Waals surface area contributed by atoms with Gasteiger partial charge in [-0.15, -0.1) is 0 Å². The number of pyridine rings is 1. The zero-order chi connectivity index (χ0) is 11.5. The van der Waals surface area contributed by atoms with E-state index < -0.39 is 9.84 Å². The summed E-state index contributed by atoms with van der Waals surface area (Å²) in [4.78, 5) is 3.95. The van der Waals surface area contributed by atoms with Crippen LogP contribution >= 0.6 is 0 Å². The van der Waals surface area contributed by atoms with E-state index >= 15 is 0 Å². The summed E-state index contributed by atoms with van der Waals surface area (Å²) in [6, 6.07) is 1.50. The first-order valence-corrected chi connectivity index (χ1v) is 6.58. The first-order chi connectivity index (χ1) is 6.89. The van der Waals surface area contributed by atoms with Gasteiger partial charge in [-0.2, -0.15) is 0 Å². The van der Waals surface area contributed by atoms with Crippen molar-refractivity contribution in [2.24, 2.45) is 5.73 Å². The Morgan fingerprint density at radius 2 is 2.13 bits per heavy atom. The Balaban J connectivity index is 2.78. The summed E-state index contributed by atoms with van der Waals surface area (Å²) < 4.78 is 23.2. The van der Waals surface area contributed by atoms with Crippen molar-refractivity contribution in [3.05, 3.63) is 29.6 Å². The molecule has 0 aromatic carbocycles. The molecule has 1 aromatic heterocycles. The predicted molar refractivity (Wildman–Crippen MR) is 60.1 cm³/mol. The van der Waals surface area contributed by atoms with Gasteiger partial charge in [0.15, 0.2) is 9.84 Å². The van der Waals surface area contributed by atoms with Gasteiger partial charge in [0.2, 0.25) is 0 Å². The maximum atomic E-state index is 11.6. The predicted octanol–water partition coefficient (Wildman–Crippen LogP) is 0.652. The molecule has 1 heterocycles. The molecular weight excluding hydrogens is 212 g/mol. The fourth-order valence-electron chi connectivity index (χ4n) is 1.41. The van der Waals surface area contributed by atoms with E-state index in [2.05, 4.69) is 4.98 Å². The highest BCUT2D eigenvalue weighted by Gasteiger charge is 2.14. The van der Waals surface area contributed by atoms with Gasteiger partial charge in [0.1, 0.15) is 0 Å². The number of hydrogen-bond acceptors (Lipinski definition) is 4. The average molecular weight is 228 g/mol. The van der Waals surface area contributed by atoms with Crippen molar-refractivity contribution in [1.82, 2.24) is 4.98 Å². The van der Waals surface area contributed by atoms with E-state index in [4.69, 9.17) is 5.73 Å². The molecule has 0 bridgehead atoms. The highest BCUT2D eigenvalue weighted by atomic mass is 32.2. The Hall–Kier alpha value is -0.940. The highest BCUT2D eigenvalue weighted by molar-refractivity contribution is 7.90. The van der Waals surface area contributed by atoms with Crippen LogP contribution in [-0.2, 0) is 15.6 Å². The molecule has 4 nitrogen and oxygen atoms in total. The molecule has 0 saturated heterocycles. The third kappa shape index (κ3) is 4.40. The summed E-state index contributed by atoms with van der Waals surface area (Å²) >= 11 is 0. The summed E-state index contributed by atoms with van der Waals surface area (Å²) in [6.07, 6.45) is 3.27. The molecule has 1 atom stereocenters. The monoisotopic (exact) mass is 228 g/mol. The second-order valence-corrected chi connectivity index (χ2v) is 6.01. The Bertz CT molecular complexity index is 427. The van der Waals surface area contributed by atoms with Crippen molar-refractivity contribution < 1.29 is 8.42 Å². The lowest BCUT2D eigenvalue weighted by Crippen LogP contribution is -2.27. The first kappa shape index (κ1) is 12.1. The van der Waals surface area contributed by atoms with Crippen molar-refractivity contribution in [2.45, 2.75) is 25.6 Å². The van der Waals surface area contributed by atoms with E-state index in [0.717, 1.165) is 11.1 Å². The maximum absolute atomic E-state index is 11.6. The fourth-order valence-corrected chi connectivity index (χ4v) is 2.99. The number of nitrogens with zero attached hydrogens (tertiary/aromatic N) is 1. The summed E-state index contributed by atoms with van der Waals surface area (Å²) in [5.74, 6) is 0.0319. The molecule has 15 heavy (non-hydrogen) atoms. The van der Waals surface area contributed by atoms with Crippen LogP contribution in [0.5, 0.6) is 0 Å². The van der Waals surface area contributed by atoms with Crippen LogP contribution in [0.2, 0.25) is 0 Å². The number of aryl methyl sites for hydroxylation is 1. The van der Waals surface area contributed by atoms with Gasteiger partial charge < -0.3 is 5.73 Å². The molecule has 2 N–H and O–H groups in total. The van der Waals surface area contributed by atoms with E-state index in [1.165, 1.54) is 0 Å². The normalized spacial score (nSPS) is 13.8. The number of rotatable bonds is 4. The van der Waals surface area contributed by atoms with Gasteiger partial charge in [-0.25, -0.2) is 8.42 Å². The van der Waals surface area contributed by atoms with Gasteiger partial charge in [-0.1, -0.05) is 6.07 Å². The zero-order valence-corrected chi connectivity index (χ0v) is 9.79. The largest absolute Gasteiger partial charge is 0.327 e. The summed E-state index contributed by atoms with van der Waals surface area (Å²) in [7, 11) is -3.12. The van der Waals surface area contributed by atoms with Gasteiger partial charge in [0.25, 0.3) is 0 Å². The van der Waals surface area contributed by atoms with Gasteiger partial charge in [-0.05, 0) is 25.0 Å². The number of aromatic nitrogens is 1. The smallest absolute Gasteiger partial charge is 0.156 e. The molecule has 1 unspecified atom stereocenters. The van der Waals surface area contributed by atoms with Crippen LogP contribution in [0.25, 0.3) is 0 Å².